The van der Waals surface area contributed by atoms with E-state index in [1.54, 1.807) is 0 Å². The summed E-state index contributed by atoms with van der Waals surface area (Å²) in [6.45, 7) is 7.41. The van der Waals surface area contributed by atoms with Crippen LogP contribution in [0.15, 0.2) is 0 Å². The summed E-state index contributed by atoms with van der Waals surface area (Å²) >= 11 is 0. The first kappa shape index (κ1) is 15.4. The Morgan fingerprint density at radius 2 is 2.13 bits per heavy atom. The number of ether oxygens (including phenoxy) is 1. The number of unbranched alkanes of at least 4 members (excludes halogenated alkanes) is 2. The van der Waals surface area contributed by atoms with E-state index in [0.29, 0.717) is 6.04 Å². The molecule has 1 aliphatic rings. The third kappa shape index (κ3) is 5.88. The minimum Gasteiger partial charge on any atom is -0.379 e. The molecule has 0 saturated carbocycles. The highest BCUT2D eigenvalue weighted by Gasteiger charge is 2.21. The van der Waals surface area contributed by atoms with Crippen molar-refractivity contribution in [3.63, 3.8) is 0 Å². The molecule has 3 heteroatoms. The smallest absolute Gasteiger partial charge is 0.0622 e. The molecule has 1 aliphatic heterocycles. The Bertz CT molecular complexity index is 138. The fourth-order valence-corrected chi connectivity index (χ4v) is 2.23. The molecule has 2 nitrogen and oxygen atoms in total. The van der Waals surface area contributed by atoms with Crippen molar-refractivity contribution in [1.82, 2.24) is 5.32 Å². The molecule has 1 N–H and O–H groups in total. The zero-order chi connectivity index (χ0) is 10.2. The van der Waals surface area contributed by atoms with Gasteiger partial charge in [-0.3, -0.25) is 0 Å². The second-order valence-electron chi connectivity index (χ2n) is 4.30. The molecule has 2 atom stereocenters. The van der Waals surface area contributed by atoms with Gasteiger partial charge in [0.25, 0.3) is 0 Å². The topological polar surface area (TPSA) is 21.3 Å². The highest BCUT2D eigenvalue weighted by atomic mass is 79.9. The average molecular weight is 280 g/mol. The molecule has 0 radical (unpaired) electrons. The van der Waals surface area contributed by atoms with Crippen molar-refractivity contribution in [1.29, 1.82) is 0 Å². The lowest BCUT2D eigenvalue weighted by atomic mass is 9.91. The lowest BCUT2D eigenvalue weighted by molar-refractivity contribution is 0.0535. The van der Waals surface area contributed by atoms with Crippen molar-refractivity contribution < 1.29 is 4.74 Å². The Balaban J connectivity index is 0.00000196. The first-order valence-electron chi connectivity index (χ1n) is 6.19. The summed E-state index contributed by atoms with van der Waals surface area (Å²) in [6.07, 6.45) is 6.73. The van der Waals surface area contributed by atoms with Crippen LogP contribution in [0.3, 0.4) is 0 Å². The molecule has 0 aliphatic carbocycles. The number of morpholine rings is 1. The van der Waals surface area contributed by atoms with Crippen molar-refractivity contribution in [2.75, 3.05) is 19.8 Å². The summed E-state index contributed by atoms with van der Waals surface area (Å²) in [7, 11) is 0. The maximum atomic E-state index is 5.51. The molecule has 0 bridgehead atoms. The molecule has 0 aromatic carbocycles. The number of halogens is 1. The Hall–Kier alpha value is 0.400. The van der Waals surface area contributed by atoms with Gasteiger partial charge in [-0.25, -0.2) is 0 Å². The molecule has 92 valence electrons. The van der Waals surface area contributed by atoms with Crippen LogP contribution in [0.2, 0.25) is 0 Å². The third-order valence-corrected chi connectivity index (χ3v) is 3.22. The molecule has 1 heterocycles. The summed E-state index contributed by atoms with van der Waals surface area (Å²) < 4.78 is 5.51. The van der Waals surface area contributed by atoms with E-state index in [4.69, 9.17) is 4.74 Å². The lowest BCUT2D eigenvalue weighted by Crippen LogP contribution is -2.45. The van der Waals surface area contributed by atoms with E-state index in [0.717, 1.165) is 25.7 Å². The van der Waals surface area contributed by atoms with Crippen molar-refractivity contribution in [2.24, 2.45) is 5.92 Å². The van der Waals surface area contributed by atoms with Crippen molar-refractivity contribution in [3.05, 3.63) is 0 Å². The number of rotatable bonds is 6. The fourth-order valence-electron chi connectivity index (χ4n) is 2.23. The van der Waals surface area contributed by atoms with E-state index in [1.165, 1.54) is 32.1 Å². The van der Waals surface area contributed by atoms with E-state index in [1.807, 2.05) is 0 Å². The van der Waals surface area contributed by atoms with Gasteiger partial charge in [-0.2, -0.15) is 0 Å². The number of hydrogen-bond acceptors (Lipinski definition) is 2. The van der Waals surface area contributed by atoms with Gasteiger partial charge in [-0.1, -0.05) is 39.5 Å². The van der Waals surface area contributed by atoms with Crippen LogP contribution >= 0.6 is 17.0 Å². The van der Waals surface area contributed by atoms with Gasteiger partial charge >= 0.3 is 0 Å². The summed E-state index contributed by atoms with van der Waals surface area (Å²) in [6, 6.07) is 0.616. The van der Waals surface area contributed by atoms with Crippen LogP contribution < -0.4 is 5.32 Å². The lowest BCUT2D eigenvalue weighted by Gasteiger charge is -2.30. The molecule has 1 fully saturated rings. The highest BCUT2D eigenvalue weighted by Crippen LogP contribution is 2.19. The zero-order valence-corrected chi connectivity index (χ0v) is 11.8. The third-order valence-electron chi connectivity index (χ3n) is 3.22. The van der Waals surface area contributed by atoms with Gasteiger partial charge in [0.2, 0.25) is 0 Å². The predicted octanol–water partition coefficient (Wildman–Crippen LogP) is 3.16. The summed E-state index contributed by atoms with van der Waals surface area (Å²) in [5, 5.41) is 3.57. The van der Waals surface area contributed by atoms with Gasteiger partial charge in [-0.15, -0.1) is 17.0 Å². The minimum absolute atomic E-state index is 0. The standard InChI is InChI=1S/C12H25NO.BrH/c1-3-5-6-7-11(4-2)12-10-14-9-8-13-12;/h11-13H,3-10H2,1-2H3;1H. The van der Waals surface area contributed by atoms with Crippen LogP contribution in [-0.4, -0.2) is 25.8 Å². The highest BCUT2D eigenvalue weighted by molar-refractivity contribution is 8.93. The van der Waals surface area contributed by atoms with Crippen LogP contribution in [0.5, 0.6) is 0 Å². The number of hydrogen-bond donors (Lipinski definition) is 1. The van der Waals surface area contributed by atoms with Crippen molar-refractivity contribution in [2.45, 2.75) is 52.0 Å². The molecule has 1 saturated heterocycles. The predicted molar refractivity (Wildman–Crippen MR) is 70.9 cm³/mol. The first-order chi connectivity index (χ1) is 6.88. The fraction of sp³-hybridized carbons (Fsp3) is 1.00. The van der Waals surface area contributed by atoms with Crippen LogP contribution in [0.1, 0.15) is 46.0 Å². The van der Waals surface area contributed by atoms with E-state index in [9.17, 15) is 0 Å². The van der Waals surface area contributed by atoms with Gasteiger partial charge < -0.3 is 10.1 Å². The zero-order valence-electron chi connectivity index (χ0n) is 10.1. The summed E-state index contributed by atoms with van der Waals surface area (Å²) in [5.74, 6) is 0.821. The summed E-state index contributed by atoms with van der Waals surface area (Å²) in [4.78, 5) is 0. The summed E-state index contributed by atoms with van der Waals surface area (Å²) in [5.41, 5.74) is 0. The molecule has 0 aromatic rings. The molecular weight excluding hydrogens is 254 g/mol. The number of nitrogens with one attached hydrogen (secondary N) is 1. The van der Waals surface area contributed by atoms with Crippen LogP contribution in [0, 0.1) is 5.92 Å². The van der Waals surface area contributed by atoms with Crippen LogP contribution in [0.25, 0.3) is 0 Å². The van der Waals surface area contributed by atoms with E-state index in [-0.39, 0.29) is 17.0 Å². The minimum atomic E-state index is 0. The SMILES string of the molecule is Br.CCCCCC(CC)C1COCCN1. The quantitative estimate of drug-likeness (QED) is 0.755. The Labute approximate surface area is 105 Å². The molecular formula is C12H26BrNO. The molecule has 1 rings (SSSR count). The van der Waals surface area contributed by atoms with E-state index >= 15 is 0 Å². The van der Waals surface area contributed by atoms with Crippen molar-refractivity contribution in [3.8, 4) is 0 Å². The van der Waals surface area contributed by atoms with Gasteiger partial charge in [0, 0.05) is 12.6 Å². The normalized spacial score (nSPS) is 23.2. The van der Waals surface area contributed by atoms with E-state index in [2.05, 4.69) is 19.2 Å². The van der Waals surface area contributed by atoms with Crippen LogP contribution in [-0.2, 0) is 4.74 Å². The van der Waals surface area contributed by atoms with Crippen LogP contribution in [0.4, 0.5) is 0 Å². The maximum absolute atomic E-state index is 5.51. The van der Waals surface area contributed by atoms with Gasteiger partial charge in [0.15, 0.2) is 0 Å². The Morgan fingerprint density at radius 3 is 2.67 bits per heavy atom. The van der Waals surface area contributed by atoms with Gasteiger partial charge in [0.05, 0.1) is 13.2 Å². The first-order valence-corrected chi connectivity index (χ1v) is 6.19. The molecule has 15 heavy (non-hydrogen) atoms. The molecule has 0 aromatic heterocycles. The van der Waals surface area contributed by atoms with Crippen molar-refractivity contribution >= 4 is 17.0 Å². The molecule has 0 amide bonds. The Kier molecular flexibility index (Phi) is 9.87. The molecule has 2 unspecified atom stereocenters. The second kappa shape index (κ2) is 9.61. The van der Waals surface area contributed by atoms with E-state index < -0.39 is 0 Å². The Morgan fingerprint density at radius 1 is 1.33 bits per heavy atom. The molecule has 0 spiro atoms. The second-order valence-corrected chi connectivity index (χ2v) is 4.30. The monoisotopic (exact) mass is 279 g/mol. The largest absolute Gasteiger partial charge is 0.379 e. The average Bonchev–Trinajstić information content (AvgIpc) is 2.26. The van der Waals surface area contributed by atoms with Gasteiger partial charge in [-0.05, 0) is 12.3 Å². The van der Waals surface area contributed by atoms with Gasteiger partial charge in [0.1, 0.15) is 0 Å². The maximum Gasteiger partial charge on any atom is 0.0622 e.